The van der Waals surface area contributed by atoms with E-state index in [2.05, 4.69) is 22.9 Å². The summed E-state index contributed by atoms with van der Waals surface area (Å²) in [7, 11) is 0. The van der Waals surface area contributed by atoms with Crippen LogP contribution in [0, 0.1) is 11.3 Å². The number of aliphatic carboxylic acids is 1. The number of hydrogen-bond donors (Lipinski definition) is 3. The minimum absolute atomic E-state index is 0.0988. The molecule has 2 aliphatic rings. The number of hydrogen-bond acceptors (Lipinski definition) is 5. The van der Waals surface area contributed by atoms with Crippen LogP contribution < -0.4 is 10.8 Å². The van der Waals surface area contributed by atoms with Crippen molar-refractivity contribution in [3.8, 4) is 11.1 Å². The lowest BCUT2D eigenvalue weighted by atomic mass is 9.86. The highest BCUT2D eigenvalue weighted by Gasteiger charge is 2.40. The van der Waals surface area contributed by atoms with Crippen LogP contribution in [0.1, 0.15) is 50.7 Å². The quantitative estimate of drug-likeness (QED) is 0.509. The van der Waals surface area contributed by atoms with Gasteiger partial charge in [-0.25, -0.2) is 15.1 Å². The van der Waals surface area contributed by atoms with Gasteiger partial charge in [-0.05, 0) is 46.4 Å². The van der Waals surface area contributed by atoms with E-state index < -0.39 is 35.5 Å². The van der Waals surface area contributed by atoms with Crippen LogP contribution in [-0.2, 0) is 19.2 Å². The van der Waals surface area contributed by atoms with E-state index in [4.69, 9.17) is 9.57 Å². The summed E-state index contributed by atoms with van der Waals surface area (Å²) in [5.41, 5.74) is 6.00. The molecule has 0 heterocycles. The van der Waals surface area contributed by atoms with Crippen molar-refractivity contribution in [2.24, 2.45) is 11.3 Å². The van der Waals surface area contributed by atoms with Crippen molar-refractivity contribution in [1.82, 2.24) is 10.8 Å². The molecule has 0 spiro atoms. The number of hydroxylamine groups is 1. The van der Waals surface area contributed by atoms with Gasteiger partial charge in [-0.15, -0.1) is 0 Å². The zero-order valence-electron chi connectivity index (χ0n) is 19.5. The van der Waals surface area contributed by atoms with E-state index in [-0.39, 0.29) is 18.4 Å². The highest BCUT2D eigenvalue weighted by atomic mass is 16.7. The number of alkyl carbamates (subject to hydrolysis) is 1. The molecule has 8 nitrogen and oxygen atoms in total. The second-order valence-corrected chi connectivity index (χ2v) is 9.95. The van der Waals surface area contributed by atoms with Crippen LogP contribution in [0.4, 0.5) is 4.79 Å². The number of carbonyl (C=O) groups excluding carboxylic acids is 2. The maximum atomic E-state index is 12.8. The molecule has 34 heavy (non-hydrogen) atoms. The molecule has 1 saturated carbocycles. The first kappa shape index (κ1) is 23.8. The van der Waals surface area contributed by atoms with E-state index in [1.165, 1.54) is 0 Å². The summed E-state index contributed by atoms with van der Waals surface area (Å²) in [6.07, 6.45) is -0.339. The fraction of sp³-hybridized carbons (Fsp3) is 0.423. The Bertz CT molecular complexity index is 1040. The van der Waals surface area contributed by atoms with Gasteiger partial charge >= 0.3 is 12.1 Å². The molecule has 4 rings (SSSR count). The van der Waals surface area contributed by atoms with Crippen molar-refractivity contribution in [3.05, 3.63) is 59.7 Å². The number of rotatable bonds is 8. The van der Waals surface area contributed by atoms with Crippen LogP contribution >= 0.6 is 0 Å². The Morgan fingerprint density at radius 1 is 1.00 bits per heavy atom. The fourth-order valence-electron chi connectivity index (χ4n) is 4.36. The second-order valence-electron chi connectivity index (χ2n) is 9.95. The van der Waals surface area contributed by atoms with E-state index in [1.807, 2.05) is 36.4 Å². The molecule has 0 saturated heterocycles. The Morgan fingerprint density at radius 2 is 1.56 bits per heavy atom. The maximum absolute atomic E-state index is 12.8. The molecular formula is C26H30N2O6. The van der Waals surface area contributed by atoms with Gasteiger partial charge in [0.15, 0.2) is 6.10 Å². The number of fused-ring (bicyclic) bond motifs is 3. The van der Waals surface area contributed by atoms with Gasteiger partial charge in [0.2, 0.25) is 0 Å². The summed E-state index contributed by atoms with van der Waals surface area (Å²) in [4.78, 5) is 42.0. The first-order valence-corrected chi connectivity index (χ1v) is 11.5. The normalized spacial score (nSPS) is 16.7. The molecule has 2 aliphatic carbocycles. The third-order valence-corrected chi connectivity index (χ3v) is 6.31. The third kappa shape index (κ3) is 5.07. The molecular weight excluding hydrogens is 436 g/mol. The van der Waals surface area contributed by atoms with Gasteiger partial charge in [0.05, 0.1) is 0 Å². The SMILES string of the molecule is CC(C)(C)C(NC(=O)OCC1c2ccccc2-c2ccccc21)C(=O)NOC(C(=O)O)C1CC1. The number of carboxylic acids is 1. The first-order chi connectivity index (χ1) is 16.2. The number of nitrogens with one attached hydrogen (secondary N) is 2. The standard InChI is InChI=1S/C26H30N2O6/c1-26(2,3)22(23(29)28-34-21(24(30)31)15-12-13-15)27-25(32)33-14-20-18-10-6-4-8-16(18)17-9-5-7-11-19(17)20/h4-11,15,20-22H,12-14H2,1-3H3,(H,27,32)(H,28,29)(H,30,31). The summed E-state index contributed by atoms with van der Waals surface area (Å²) < 4.78 is 5.56. The van der Waals surface area contributed by atoms with Gasteiger partial charge in [0.1, 0.15) is 12.6 Å². The summed E-state index contributed by atoms with van der Waals surface area (Å²) in [5, 5.41) is 11.9. The van der Waals surface area contributed by atoms with Crippen LogP contribution in [0.3, 0.4) is 0 Å². The molecule has 8 heteroatoms. The summed E-state index contributed by atoms with van der Waals surface area (Å²) in [6, 6.07) is 15.1. The van der Waals surface area contributed by atoms with Crippen LogP contribution in [-0.4, -0.2) is 41.8 Å². The van der Waals surface area contributed by atoms with Gasteiger partial charge in [-0.2, -0.15) is 0 Å². The number of ether oxygens (including phenoxy) is 1. The van der Waals surface area contributed by atoms with Crippen molar-refractivity contribution in [1.29, 1.82) is 0 Å². The lowest BCUT2D eigenvalue weighted by molar-refractivity contribution is -0.163. The Kier molecular flexibility index (Phi) is 6.61. The predicted molar refractivity (Wildman–Crippen MR) is 125 cm³/mol. The molecule has 2 amide bonds. The van der Waals surface area contributed by atoms with Gasteiger partial charge < -0.3 is 15.2 Å². The van der Waals surface area contributed by atoms with Crippen LogP contribution in [0.5, 0.6) is 0 Å². The molecule has 1 fully saturated rings. The monoisotopic (exact) mass is 466 g/mol. The number of carbonyl (C=O) groups is 3. The number of carboxylic acid groups (broad SMARTS) is 1. The molecule has 0 radical (unpaired) electrons. The topological polar surface area (TPSA) is 114 Å². The molecule has 2 atom stereocenters. The molecule has 2 aromatic carbocycles. The Labute approximate surface area is 198 Å². The molecule has 0 bridgehead atoms. The van der Waals surface area contributed by atoms with Crippen molar-refractivity contribution < 1.29 is 29.1 Å². The summed E-state index contributed by atoms with van der Waals surface area (Å²) in [6.45, 7) is 5.49. The molecule has 2 unspecified atom stereocenters. The zero-order valence-corrected chi connectivity index (χ0v) is 19.5. The lowest BCUT2D eigenvalue weighted by Crippen LogP contribution is -2.54. The molecule has 3 N–H and O–H groups in total. The van der Waals surface area contributed by atoms with Gasteiger partial charge in [-0.1, -0.05) is 69.3 Å². The van der Waals surface area contributed by atoms with E-state index >= 15 is 0 Å². The van der Waals surface area contributed by atoms with E-state index in [1.54, 1.807) is 20.8 Å². The fourth-order valence-corrected chi connectivity index (χ4v) is 4.36. The van der Waals surface area contributed by atoms with Crippen LogP contribution in [0.25, 0.3) is 11.1 Å². The molecule has 0 aliphatic heterocycles. The van der Waals surface area contributed by atoms with Gasteiger partial charge in [0.25, 0.3) is 5.91 Å². The predicted octanol–water partition coefficient (Wildman–Crippen LogP) is 3.85. The minimum Gasteiger partial charge on any atom is -0.479 e. The maximum Gasteiger partial charge on any atom is 0.407 e. The number of benzene rings is 2. The Morgan fingerprint density at radius 3 is 2.06 bits per heavy atom. The minimum atomic E-state index is -1.13. The Balaban J connectivity index is 1.39. The van der Waals surface area contributed by atoms with Crippen molar-refractivity contribution in [2.45, 2.75) is 51.7 Å². The first-order valence-electron chi connectivity index (χ1n) is 11.5. The summed E-state index contributed by atoms with van der Waals surface area (Å²) in [5.74, 6) is -1.97. The lowest BCUT2D eigenvalue weighted by Gasteiger charge is -2.30. The average Bonchev–Trinajstić information content (AvgIpc) is 3.57. The third-order valence-electron chi connectivity index (χ3n) is 6.31. The van der Waals surface area contributed by atoms with Crippen molar-refractivity contribution in [3.63, 3.8) is 0 Å². The van der Waals surface area contributed by atoms with Crippen molar-refractivity contribution in [2.75, 3.05) is 6.61 Å². The van der Waals surface area contributed by atoms with Crippen molar-refractivity contribution >= 4 is 18.0 Å². The number of amides is 2. The molecule has 2 aromatic rings. The van der Waals surface area contributed by atoms with Crippen LogP contribution in [0.2, 0.25) is 0 Å². The largest absolute Gasteiger partial charge is 0.479 e. The van der Waals surface area contributed by atoms with E-state index in [0.717, 1.165) is 35.1 Å². The van der Waals surface area contributed by atoms with Gasteiger partial charge in [0, 0.05) is 5.92 Å². The van der Waals surface area contributed by atoms with Crippen LogP contribution in [0.15, 0.2) is 48.5 Å². The summed E-state index contributed by atoms with van der Waals surface area (Å²) >= 11 is 0. The average molecular weight is 467 g/mol. The second kappa shape index (κ2) is 9.46. The highest BCUT2D eigenvalue weighted by molar-refractivity contribution is 5.86. The highest BCUT2D eigenvalue weighted by Crippen LogP contribution is 2.44. The van der Waals surface area contributed by atoms with E-state index in [0.29, 0.717) is 0 Å². The molecule has 180 valence electrons. The van der Waals surface area contributed by atoms with E-state index in [9.17, 15) is 19.5 Å². The van der Waals surface area contributed by atoms with Gasteiger partial charge in [-0.3, -0.25) is 9.63 Å². The Hall–Kier alpha value is -3.39. The smallest absolute Gasteiger partial charge is 0.407 e. The zero-order chi connectivity index (χ0) is 24.5. The molecule has 0 aromatic heterocycles.